The molecule has 1 aromatic rings. The molecule has 108 valence electrons. The molecule has 1 aromatic heterocycles. The maximum Gasteiger partial charge on any atom is 0.0940 e. The topological polar surface area (TPSA) is 31.4 Å². The van der Waals surface area contributed by atoms with E-state index in [1.807, 2.05) is 11.3 Å². The molecule has 5 heteroatoms. The summed E-state index contributed by atoms with van der Waals surface area (Å²) in [5.74, 6) is 0. The Balaban J connectivity index is 1.77. The lowest BCUT2D eigenvalue weighted by atomic mass is 10.3. The van der Waals surface area contributed by atoms with Crippen molar-refractivity contribution in [3.63, 3.8) is 0 Å². The van der Waals surface area contributed by atoms with Crippen molar-refractivity contribution in [1.29, 1.82) is 0 Å². The maximum absolute atomic E-state index is 4.57. The zero-order valence-electron chi connectivity index (χ0n) is 12.2. The van der Waals surface area contributed by atoms with Gasteiger partial charge in [0.05, 0.1) is 5.01 Å². The Morgan fingerprint density at radius 1 is 1.32 bits per heavy atom. The fourth-order valence-corrected chi connectivity index (χ4v) is 3.37. The molecule has 0 aliphatic carbocycles. The third kappa shape index (κ3) is 4.84. The van der Waals surface area contributed by atoms with Crippen LogP contribution in [0.1, 0.15) is 23.7 Å². The minimum absolute atomic E-state index is 1.07. The van der Waals surface area contributed by atoms with Crippen LogP contribution in [0.15, 0.2) is 6.20 Å². The Hall–Kier alpha value is -0.490. The smallest absolute Gasteiger partial charge is 0.0940 e. The molecule has 0 amide bonds. The van der Waals surface area contributed by atoms with Gasteiger partial charge in [0.15, 0.2) is 0 Å². The van der Waals surface area contributed by atoms with Crippen LogP contribution in [-0.4, -0.2) is 60.6 Å². The Kier molecular flexibility index (Phi) is 6.23. The molecule has 4 nitrogen and oxygen atoms in total. The largest absolute Gasteiger partial charge is 0.314 e. The normalized spacial score (nSPS) is 17.2. The molecule has 2 rings (SSSR count). The Labute approximate surface area is 120 Å². The second-order valence-corrected chi connectivity index (χ2v) is 6.22. The number of nitrogens with one attached hydrogen (secondary N) is 1. The quantitative estimate of drug-likeness (QED) is 0.820. The van der Waals surface area contributed by atoms with Gasteiger partial charge >= 0.3 is 0 Å². The SMILES string of the molecule is CCN(CC)CCc1ncc(CN2CCNCC2)s1. The average molecular weight is 282 g/mol. The van der Waals surface area contributed by atoms with E-state index < -0.39 is 0 Å². The molecule has 0 bridgehead atoms. The molecule has 0 aromatic carbocycles. The van der Waals surface area contributed by atoms with E-state index in [4.69, 9.17) is 0 Å². The van der Waals surface area contributed by atoms with Crippen molar-refractivity contribution in [2.24, 2.45) is 0 Å². The Morgan fingerprint density at radius 3 is 2.74 bits per heavy atom. The van der Waals surface area contributed by atoms with E-state index in [9.17, 15) is 0 Å². The first-order valence-electron chi connectivity index (χ1n) is 7.40. The molecule has 19 heavy (non-hydrogen) atoms. The van der Waals surface area contributed by atoms with Crippen molar-refractivity contribution in [1.82, 2.24) is 20.1 Å². The molecule has 0 spiro atoms. The molecular formula is C14H26N4S. The van der Waals surface area contributed by atoms with Crippen LogP contribution in [0, 0.1) is 0 Å². The fraction of sp³-hybridized carbons (Fsp3) is 0.786. The second-order valence-electron chi connectivity index (χ2n) is 5.02. The third-order valence-electron chi connectivity index (χ3n) is 3.73. The summed E-state index contributed by atoms with van der Waals surface area (Å²) in [6.07, 6.45) is 3.16. The third-order valence-corrected chi connectivity index (χ3v) is 4.77. The van der Waals surface area contributed by atoms with Crippen LogP contribution in [0.3, 0.4) is 0 Å². The van der Waals surface area contributed by atoms with Gasteiger partial charge in [0.25, 0.3) is 0 Å². The highest BCUT2D eigenvalue weighted by Crippen LogP contribution is 2.16. The Morgan fingerprint density at radius 2 is 2.05 bits per heavy atom. The van der Waals surface area contributed by atoms with E-state index in [2.05, 4.69) is 40.1 Å². The molecule has 1 aliphatic rings. The monoisotopic (exact) mass is 282 g/mol. The van der Waals surface area contributed by atoms with E-state index >= 15 is 0 Å². The second kappa shape index (κ2) is 7.94. The van der Waals surface area contributed by atoms with Crippen LogP contribution in [0.4, 0.5) is 0 Å². The van der Waals surface area contributed by atoms with Crippen molar-refractivity contribution in [2.45, 2.75) is 26.8 Å². The van der Waals surface area contributed by atoms with E-state index in [0.29, 0.717) is 0 Å². The standard InChI is InChI=1S/C14H26N4S/c1-3-17(4-2)8-5-14-16-11-13(19-14)12-18-9-6-15-7-10-18/h11,15H,3-10,12H2,1-2H3. The lowest BCUT2D eigenvalue weighted by Crippen LogP contribution is -2.42. The zero-order valence-corrected chi connectivity index (χ0v) is 13.0. The van der Waals surface area contributed by atoms with Gasteiger partial charge in [0.2, 0.25) is 0 Å². The number of nitrogens with zero attached hydrogens (tertiary/aromatic N) is 3. The van der Waals surface area contributed by atoms with Gasteiger partial charge in [-0.25, -0.2) is 4.98 Å². The molecule has 1 fully saturated rings. The van der Waals surface area contributed by atoms with E-state index in [0.717, 1.165) is 58.8 Å². The van der Waals surface area contributed by atoms with Gasteiger partial charge in [-0.15, -0.1) is 11.3 Å². The predicted octanol–water partition coefficient (Wildman–Crippen LogP) is 1.43. The molecule has 2 heterocycles. The number of aromatic nitrogens is 1. The van der Waals surface area contributed by atoms with Gasteiger partial charge in [0.1, 0.15) is 0 Å². The van der Waals surface area contributed by atoms with Gasteiger partial charge in [-0.1, -0.05) is 13.8 Å². The number of piperazine rings is 1. The average Bonchev–Trinajstić information content (AvgIpc) is 2.89. The van der Waals surface area contributed by atoms with Crippen molar-refractivity contribution >= 4 is 11.3 Å². The number of hydrogen-bond donors (Lipinski definition) is 1. The molecular weight excluding hydrogens is 256 g/mol. The summed E-state index contributed by atoms with van der Waals surface area (Å²) >= 11 is 1.89. The summed E-state index contributed by atoms with van der Waals surface area (Å²) in [6.45, 7) is 13.5. The first-order chi connectivity index (χ1) is 9.31. The van der Waals surface area contributed by atoms with Crippen LogP contribution in [0.2, 0.25) is 0 Å². The highest BCUT2D eigenvalue weighted by Gasteiger charge is 2.12. The van der Waals surface area contributed by atoms with E-state index in [-0.39, 0.29) is 0 Å². The minimum Gasteiger partial charge on any atom is -0.314 e. The summed E-state index contributed by atoms with van der Waals surface area (Å²) in [5, 5.41) is 4.68. The summed E-state index contributed by atoms with van der Waals surface area (Å²) in [5.41, 5.74) is 0. The van der Waals surface area contributed by atoms with E-state index in [1.54, 1.807) is 0 Å². The van der Waals surface area contributed by atoms with Crippen molar-refractivity contribution in [3.8, 4) is 0 Å². The fourth-order valence-electron chi connectivity index (χ4n) is 2.42. The molecule has 0 radical (unpaired) electrons. The molecule has 1 saturated heterocycles. The van der Waals surface area contributed by atoms with Crippen LogP contribution in [0.5, 0.6) is 0 Å². The maximum atomic E-state index is 4.57. The highest BCUT2D eigenvalue weighted by atomic mass is 32.1. The van der Waals surface area contributed by atoms with Gasteiger partial charge in [0, 0.05) is 56.8 Å². The summed E-state index contributed by atoms with van der Waals surface area (Å²) in [7, 11) is 0. The van der Waals surface area contributed by atoms with Gasteiger partial charge < -0.3 is 10.2 Å². The summed E-state index contributed by atoms with van der Waals surface area (Å²) in [6, 6.07) is 0. The van der Waals surface area contributed by atoms with Crippen LogP contribution in [-0.2, 0) is 13.0 Å². The van der Waals surface area contributed by atoms with E-state index in [1.165, 1.54) is 9.88 Å². The van der Waals surface area contributed by atoms with Gasteiger partial charge in [-0.05, 0) is 13.1 Å². The molecule has 1 N–H and O–H groups in total. The molecule has 0 saturated carbocycles. The number of thiazole rings is 1. The van der Waals surface area contributed by atoms with Crippen molar-refractivity contribution in [3.05, 3.63) is 16.1 Å². The number of hydrogen-bond acceptors (Lipinski definition) is 5. The van der Waals surface area contributed by atoms with Gasteiger partial charge in [-0.3, -0.25) is 4.90 Å². The van der Waals surface area contributed by atoms with Crippen LogP contribution in [0.25, 0.3) is 0 Å². The number of rotatable bonds is 7. The van der Waals surface area contributed by atoms with Crippen LogP contribution >= 0.6 is 11.3 Å². The lowest BCUT2D eigenvalue weighted by Gasteiger charge is -2.26. The lowest BCUT2D eigenvalue weighted by molar-refractivity contribution is 0.235. The van der Waals surface area contributed by atoms with Crippen molar-refractivity contribution in [2.75, 3.05) is 45.8 Å². The molecule has 0 atom stereocenters. The Bertz CT molecular complexity index is 356. The first kappa shape index (κ1) is 14.9. The van der Waals surface area contributed by atoms with Crippen molar-refractivity contribution < 1.29 is 0 Å². The van der Waals surface area contributed by atoms with Crippen LogP contribution < -0.4 is 5.32 Å². The first-order valence-corrected chi connectivity index (χ1v) is 8.22. The summed E-state index contributed by atoms with van der Waals surface area (Å²) in [4.78, 5) is 11.0. The molecule has 1 aliphatic heterocycles. The summed E-state index contributed by atoms with van der Waals surface area (Å²) < 4.78 is 0. The zero-order chi connectivity index (χ0) is 13.5. The number of likely N-dealkylation sites (N-methyl/N-ethyl adjacent to an activating group) is 1. The highest BCUT2D eigenvalue weighted by molar-refractivity contribution is 7.11. The molecule has 0 unspecified atom stereocenters. The predicted molar refractivity (Wildman–Crippen MR) is 81.8 cm³/mol. The van der Waals surface area contributed by atoms with Gasteiger partial charge in [-0.2, -0.15) is 0 Å². The minimum atomic E-state index is 1.07.